The van der Waals surface area contributed by atoms with Crippen LogP contribution in [0.3, 0.4) is 0 Å². The zero-order valence-electron chi connectivity index (χ0n) is 12.4. The molecule has 0 radical (unpaired) electrons. The fourth-order valence-electron chi connectivity index (χ4n) is 3.58. The zero-order valence-corrected chi connectivity index (χ0v) is 12.4. The van der Waals surface area contributed by atoms with E-state index in [4.69, 9.17) is 5.26 Å². The summed E-state index contributed by atoms with van der Waals surface area (Å²) in [6.07, 6.45) is 1.41. The van der Waals surface area contributed by atoms with Gasteiger partial charge in [0.2, 0.25) is 5.91 Å². The molecular formula is C17H21N3O. The second kappa shape index (κ2) is 5.87. The molecule has 0 N–H and O–H groups in total. The molecule has 4 heteroatoms. The minimum Gasteiger partial charge on any atom is -0.337 e. The van der Waals surface area contributed by atoms with Gasteiger partial charge in [0.1, 0.15) is 0 Å². The first-order valence-electron chi connectivity index (χ1n) is 7.66. The second-order valence-corrected chi connectivity index (χ2v) is 6.13. The number of nitriles is 1. The van der Waals surface area contributed by atoms with Gasteiger partial charge in [-0.15, -0.1) is 0 Å². The van der Waals surface area contributed by atoms with Crippen LogP contribution in [0.2, 0.25) is 0 Å². The molecule has 0 spiro atoms. The summed E-state index contributed by atoms with van der Waals surface area (Å²) in [5.74, 6) is 0.0350. The van der Waals surface area contributed by atoms with Crippen molar-refractivity contribution in [2.45, 2.75) is 38.4 Å². The van der Waals surface area contributed by atoms with E-state index in [2.05, 4.69) is 42.2 Å². The Labute approximate surface area is 126 Å². The lowest BCUT2D eigenvalue weighted by atomic mass is 10.1. The van der Waals surface area contributed by atoms with Crippen LogP contribution in [0.4, 0.5) is 0 Å². The number of hydrogen-bond acceptors (Lipinski definition) is 3. The third kappa shape index (κ3) is 2.79. The number of nitrogens with zero attached hydrogens (tertiary/aromatic N) is 3. The Morgan fingerprint density at radius 3 is 2.76 bits per heavy atom. The van der Waals surface area contributed by atoms with Gasteiger partial charge in [0.25, 0.3) is 0 Å². The topological polar surface area (TPSA) is 47.3 Å². The molecule has 21 heavy (non-hydrogen) atoms. The van der Waals surface area contributed by atoms with Gasteiger partial charge < -0.3 is 4.90 Å². The van der Waals surface area contributed by atoms with Gasteiger partial charge in [-0.1, -0.05) is 30.3 Å². The van der Waals surface area contributed by atoms with Crippen molar-refractivity contribution in [2.24, 2.45) is 5.92 Å². The highest BCUT2D eigenvalue weighted by molar-refractivity contribution is 5.79. The molecule has 0 saturated carbocycles. The van der Waals surface area contributed by atoms with E-state index in [0.717, 1.165) is 19.5 Å². The van der Waals surface area contributed by atoms with Crippen molar-refractivity contribution in [1.29, 1.82) is 5.26 Å². The van der Waals surface area contributed by atoms with Crippen LogP contribution >= 0.6 is 0 Å². The molecule has 0 bridgehead atoms. The molecule has 2 saturated heterocycles. The monoisotopic (exact) mass is 283 g/mol. The SMILES string of the molecule is CC1C(N2CC(C#N)CC2=O)CCN1Cc1ccccc1. The molecule has 2 fully saturated rings. The molecule has 2 heterocycles. The number of amides is 1. The van der Waals surface area contributed by atoms with Crippen LogP contribution in [-0.2, 0) is 11.3 Å². The highest BCUT2D eigenvalue weighted by Gasteiger charge is 2.41. The van der Waals surface area contributed by atoms with Crippen LogP contribution in [0.1, 0.15) is 25.3 Å². The Kier molecular flexibility index (Phi) is 3.94. The summed E-state index contributed by atoms with van der Waals surface area (Å²) in [5.41, 5.74) is 1.31. The summed E-state index contributed by atoms with van der Waals surface area (Å²) < 4.78 is 0. The van der Waals surface area contributed by atoms with E-state index >= 15 is 0 Å². The summed E-state index contributed by atoms with van der Waals surface area (Å²) in [7, 11) is 0. The molecular weight excluding hydrogens is 262 g/mol. The van der Waals surface area contributed by atoms with Crippen LogP contribution in [0.5, 0.6) is 0 Å². The smallest absolute Gasteiger partial charge is 0.224 e. The standard InChI is InChI=1S/C17H21N3O/c1-13-16(20-12-15(10-18)9-17(20)21)7-8-19(13)11-14-5-3-2-4-6-14/h2-6,13,15-16H,7-9,11-12H2,1H3. The van der Waals surface area contributed by atoms with Crippen molar-refractivity contribution >= 4 is 5.91 Å². The molecule has 110 valence electrons. The maximum Gasteiger partial charge on any atom is 0.224 e. The first kappa shape index (κ1) is 14.1. The third-order valence-electron chi connectivity index (χ3n) is 4.81. The Bertz CT molecular complexity index is 551. The highest BCUT2D eigenvalue weighted by atomic mass is 16.2. The summed E-state index contributed by atoms with van der Waals surface area (Å²) in [6, 6.07) is 13.3. The molecule has 0 aliphatic carbocycles. The Morgan fingerprint density at radius 2 is 2.10 bits per heavy atom. The summed E-state index contributed by atoms with van der Waals surface area (Å²) in [6.45, 7) is 4.76. The minimum atomic E-state index is -0.118. The molecule has 3 rings (SSSR count). The van der Waals surface area contributed by atoms with E-state index in [1.54, 1.807) is 0 Å². The van der Waals surface area contributed by atoms with Gasteiger partial charge in [-0.05, 0) is 18.9 Å². The van der Waals surface area contributed by atoms with E-state index in [0.29, 0.717) is 19.0 Å². The largest absolute Gasteiger partial charge is 0.337 e. The van der Waals surface area contributed by atoms with E-state index in [1.165, 1.54) is 5.56 Å². The fourth-order valence-corrected chi connectivity index (χ4v) is 3.58. The average molecular weight is 283 g/mol. The van der Waals surface area contributed by atoms with Crippen molar-refractivity contribution in [3.05, 3.63) is 35.9 Å². The Morgan fingerprint density at radius 1 is 1.33 bits per heavy atom. The summed E-state index contributed by atoms with van der Waals surface area (Å²) >= 11 is 0. The lowest BCUT2D eigenvalue weighted by Crippen LogP contribution is -2.44. The number of likely N-dealkylation sites (tertiary alicyclic amines) is 2. The molecule has 2 aliphatic heterocycles. The normalized spacial score (nSPS) is 29.8. The molecule has 1 aromatic rings. The van der Waals surface area contributed by atoms with E-state index in [1.807, 2.05) is 11.0 Å². The predicted octanol–water partition coefficient (Wildman–Crippen LogP) is 2.02. The van der Waals surface area contributed by atoms with Crippen LogP contribution in [0.25, 0.3) is 0 Å². The molecule has 3 atom stereocenters. The van der Waals surface area contributed by atoms with E-state index < -0.39 is 0 Å². The van der Waals surface area contributed by atoms with Crippen LogP contribution in [0, 0.1) is 17.2 Å². The quantitative estimate of drug-likeness (QED) is 0.852. The Hall–Kier alpha value is -1.86. The van der Waals surface area contributed by atoms with Gasteiger partial charge in [-0.2, -0.15) is 5.26 Å². The number of benzene rings is 1. The van der Waals surface area contributed by atoms with Crippen LogP contribution < -0.4 is 0 Å². The highest BCUT2D eigenvalue weighted by Crippen LogP contribution is 2.29. The lowest BCUT2D eigenvalue weighted by molar-refractivity contribution is -0.130. The van der Waals surface area contributed by atoms with Crippen LogP contribution in [-0.4, -0.2) is 40.9 Å². The molecule has 2 aliphatic rings. The molecule has 1 amide bonds. The van der Waals surface area contributed by atoms with Gasteiger partial charge in [-0.3, -0.25) is 9.69 Å². The first-order valence-corrected chi connectivity index (χ1v) is 7.66. The van der Waals surface area contributed by atoms with Gasteiger partial charge in [0, 0.05) is 38.1 Å². The summed E-state index contributed by atoms with van der Waals surface area (Å²) in [5, 5.41) is 9.02. The predicted molar refractivity (Wildman–Crippen MR) is 80.2 cm³/mol. The zero-order chi connectivity index (χ0) is 14.8. The lowest BCUT2D eigenvalue weighted by Gasteiger charge is -2.30. The first-order chi connectivity index (χ1) is 10.2. The molecule has 1 aromatic carbocycles. The van der Waals surface area contributed by atoms with Gasteiger partial charge >= 0.3 is 0 Å². The molecule has 3 unspecified atom stereocenters. The van der Waals surface area contributed by atoms with Gasteiger partial charge in [0.15, 0.2) is 0 Å². The van der Waals surface area contributed by atoms with Gasteiger partial charge in [0.05, 0.1) is 12.0 Å². The molecule has 0 aromatic heterocycles. The van der Waals surface area contributed by atoms with Crippen LogP contribution in [0.15, 0.2) is 30.3 Å². The van der Waals surface area contributed by atoms with E-state index in [-0.39, 0.29) is 17.9 Å². The number of hydrogen-bond donors (Lipinski definition) is 0. The molecule has 4 nitrogen and oxygen atoms in total. The van der Waals surface area contributed by atoms with Crippen molar-refractivity contribution in [3.8, 4) is 6.07 Å². The maximum absolute atomic E-state index is 12.1. The summed E-state index contributed by atoms with van der Waals surface area (Å²) in [4.78, 5) is 16.5. The van der Waals surface area contributed by atoms with Crippen molar-refractivity contribution in [1.82, 2.24) is 9.80 Å². The number of carbonyl (C=O) groups excluding carboxylic acids is 1. The van der Waals surface area contributed by atoms with Crippen molar-refractivity contribution < 1.29 is 4.79 Å². The van der Waals surface area contributed by atoms with E-state index in [9.17, 15) is 4.79 Å². The van der Waals surface area contributed by atoms with Crippen molar-refractivity contribution in [3.63, 3.8) is 0 Å². The van der Waals surface area contributed by atoms with Gasteiger partial charge in [-0.25, -0.2) is 0 Å². The Balaban J connectivity index is 1.65. The minimum absolute atomic E-state index is 0.118. The number of carbonyl (C=O) groups is 1. The maximum atomic E-state index is 12.1. The fraction of sp³-hybridized carbons (Fsp3) is 0.529. The third-order valence-corrected chi connectivity index (χ3v) is 4.81. The number of rotatable bonds is 3. The average Bonchev–Trinajstić information content (AvgIpc) is 3.04. The van der Waals surface area contributed by atoms with Crippen molar-refractivity contribution in [2.75, 3.05) is 13.1 Å². The second-order valence-electron chi connectivity index (χ2n) is 6.13.